The Balaban J connectivity index is 1.55. The number of carbonyl (C=O) groups is 2. The zero-order valence-electron chi connectivity index (χ0n) is 17.3. The molecule has 31 heavy (non-hydrogen) atoms. The van der Waals surface area contributed by atoms with E-state index in [1.807, 2.05) is 31.3 Å². The smallest absolute Gasteiger partial charge is 0.306 e. The number of carbonyl (C=O) groups excluding carboxylic acids is 1. The van der Waals surface area contributed by atoms with Crippen molar-refractivity contribution in [1.82, 2.24) is 9.97 Å². The summed E-state index contributed by atoms with van der Waals surface area (Å²) in [4.78, 5) is 32.1. The third-order valence-electron chi connectivity index (χ3n) is 5.78. The van der Waals surface area contributed by atoms with Crippen LogP contribution in [0.15, 0.2) is 54.5 Å². The van der Waals surface area contributed by atoms with Crippen LogP contribution in [0.25, 0.3) is 21.9 Å². The minimum Gasteiger partial charge on any atom is -0.481 e. The van der Waals surface area contributed by atoms with E-state index in [1.54, 1.807) is 24.5 Å². The molecule has 0 spiro atoms. The largest absolute Gasteiger partial charge is 0.481 e. The zero-order valence-corrected chi connectivity index (χ0v) is 17.3. The molecular weight excluding hydrogens is 392 g/mol. The van der Waals surface area contributed by atoms with E-state index >= 15 is 0 Å². The summed E-state index contributed by atoms with van der Waals surface area (Å²) in [5.74, 6) is -0.898. The van der Waals surface area contributed by atoms with Crippen LogP contribution in [0.1, 0.15) is 31.2 Å². The SMILES string of the molecule is Cc1ccncc1-c1cc(N)c2cnc(NC(=O)C=C3CCC(C(=O)O)CC3)cc2c1. The lowest BCUT2D eigenvalue weighted by molar-refractivity contribution is -0.142. The van der Waals surface area contributed by atoms with Gasteiger partial charge in [-0.1, -0.05) is 5.57 Å². The maximum atomic E-state index is 12.5. The first-order valence-corrected chi connectivity index (χ1v) is 10.2. The number of benzene rings is 1. The van der Waals surface area contributed by atoms with E-state index in [4.69, 9.17) is 10.8 Å². The second-order valence-corrected chi connectivity index (χ2v) is 7.95. The number of aryl methyl sites for hydroxylation is 1. The number of rotatable bonds is 4. The van der Waals surface area contributed by atoms with Gasteiger partial charge in [-0.25, -0.2) is 4.98 Å². The Bertz CT molecular complexity index is 1190. The van der Waals surface area contributed by atoms with E-state index in [-0.39, 0.29) is 11.8 Å². The minimum atomic E-state index is -0.760. The third kappa shape index (κ3) is 4.55. The molecule has 4 rings (SSSR count). The molecule has 1 fully saturated rings. The van der Waals surface area contributed by atoms with Crippen LogP contribution in [-0.2, 0) is 9.59 Å². The van der Waals surface area contributed by atoms with Gasteiger partial charge in [-0.05, 0) is 73.4 Å². The fourth-order valence-electron chi connectivity index (χ4n) is 4.00. The van der Waals surface area contributed by atoms with Crippen molar-refractivity contribution in [2.45, 2.75) is 32.6 Å². The number of nitrogen functional groups attached to an aromatic ring is 1. The Morgan fingerprint density at radius 2 is 1.97 bits per heavy atom. The van der Waals surface area contributed by atoms with Crippen molar-refractivity contribution < 1.29 is 14.7 Å². The number of allylic oxidation sites excluding steroid dienone is 1. The van der Waals surface area contributed by atoms with Crippen LogP contribution >= 0.6 is 0 Å². The molecule has 0 radical (unpaired) electrons. The lowest BCUT2D eigenvalue weighted by Gasteiger charge is -2.20. The van der Waals surface area contributed by atoms with E-state index in [1.165, 1.54) is 0 Å². The molecule has 7 heteroatoms. The summed E-state index contributed by atoms with van der Waals surface area (Å²) >= 11 is 0. The highest BCUT2D eigenvalue weighted by Crippen LogP contribution is 2.32. The van der Waals surface area contributed by atoms with Gasteiger partial charge in [0.25, 0.3) is 0 Å². The predicted molar refractivity (Wildman–Crippen MR) is 120 cm³/mol. The molecule has 2 aromatic heterocycles. The van der Waals surface area contributed by atoms with E-state index in [0.29, 0.717) is 37.2 Å². The Hall–Kier alpha value is -3.74. The van der Waals surface area contributed by atoms with E-state index in [9.17, 15) is 9.59 Å². The summed E-state index contributed by atoms with van der Waals surface area (Å²) < 4.78 is 0. The quantitative estimate of drug-likeness (QED) is 0.430. The highest BCUT2D eigenvalue weighted by atomic mass is 16.4. The summed E-state index contributed by atoms with van der Waals surface area (Å²) in [6.45, 7) is 2.02. The molecule has 1 amide bonds. The number of hydrogen-bond acceptors (Lipinski definition) is 5. The number of amides is 1. The molecule has 1 aliphatic carbocycles. The van der Waals surface area contributed by atoms with Crippen molar-refractivity contribution in [2.24, 2.45) is 5.92 Å². The number of aromatic nitrogens is 2. The van der Waals surface area contributed by atoms with E-state index in [2.05, 4.69) is 15.3 Å². The zero-order chi connectivity index (χ0) is 22.0. The van der Waals surface area contributed by atoms with Crippen LogP contribution in [-0.4, -0.2) is 27.0 Å². The normalized spacial score (nSPS) is 16.2. The third-order valence-corrected chi connectivity index (χ3v) is 5.78. The number of nitrogens with one attached hydrogen (secondary N) is 1. The summed E-state index contributed by atoms with van der Waals surface area (Å²) in [6, 6.07) is 7.67. The highest BCUT2D eigenvalue weighted by molar-refractivity contribution is 6.02. The first-order valence-electron chi connectivity index (χ1n) is 10.2. The van der Waals surface area contributed by atoms with Gasteiger partial charge in [0.1, 0.15) is 5.82 Å². The lowest BCUT2D eigenvalue weighted by atomic mass is 9.86. The molecule has 4 N–H and O–H groups in total. The summed E-state index contributed by atoms with van der Waals surface area (Å²) in [6.07, 6.45) is 9.17. The van der Waals surface area contributed by atoms with Gasteiger partial charge in [-0.15, -0.1) is 0 Å². The van der Waals surface area contributed by atoms with Crippen molar-refractivity contribution in [3.63, 3.8) is 0 Å². The molecule has 158 valence electrons. The number of carboxylic acids is 1. The number of aliphatic carboxylic acids is 1. The number of anilines is 2. The molecule has 0 unspecified atom stereocenters. The van der Waals surface area contributed by atoms with Crippen molar-refractivity contribution in [2.75, 3.05) is 11.1 Å². The second kappa shape index (κ2) is 8.55. The topological polar surface area (TPSA) is 118 Å². The number of nitrogens with zero attached hydrogens (tertiary/aromatic N) is 2. The highest BCUT2D eigenvalue weighted by Gasteiger charge is 2.22. The number of hydrogen-bond donors (Lipinski definition) is 3. The Morgan fingerprint density at radius 3 is 2.68 bits per heavy atom. The van der Waals surface area contributed by atoms with Crippen LogP contribution in [0, 0.1) is 12.8 Å². The van der Waals surface area contributed by atoms with Gasteiger partial charge < -0.3 is 16.2 Å². The Labute approximate surface area is 180 Å². The predicted octanol–water partition coefficient (Wildman–Crippen LogP) is 4.33. The molecule has 3 aromatic rings. The van der Waals surface area contributed by atoms with Crippen molar-refractivity contribution in [1.29, 1.82) is 0 Å². The van der Waals surface area contributed by atoms with Gasteiger partial charge in [-0.3, -0.25) is 14.6 Å². The molecule has 0 atom stereocenters. The average molecular weight is 416 g/mol. The van der Waals surface area contributed by atoms with Gasteiger partial charge in [0, 0.05) is 41.3 Å². The molecule has 0 saturated heterocycles. The maximum Gasteiger partial charge on any atom is 0.306 e. The summed E-state index contributed by atoms with van der Waals surface area (Å²) in [5, 5.41) is 13.6. The van der Waals surface area contributed by atoms with Gasteiger partial charge >= 0.3 is 5.97 Å². The fraction of sp³-hybridized carbons (Fsp3) is 0.250. The second-order valence-electron chi connectivity index (χ2n) is 7.95. The monoisotopic (exact) mass is 416 g/mol. The minimum absolute atomic E-state index is 0.261. The van der Waals surface area contributed by atoms with Crippen LogP contribution in [0.4, 0.5) is 11.5 Å². The molecule has 1 aliphatic rings. The number of pyridine rings is 2. The number of fused-ring (bicyclic) bond motifs is 1. The van der Waals surface area contributed by atoms with Gasteiger partial charge in [0.05, 0.1) is 5.92 Å². The molecule has 1 saturated carbocycles. The molecule has 7 nitrogen and oxygen atoms in total. The van der Waals surface area contributed by atoms with E-state index in [0.717, 1.165) is 33.0 Å². The van der Waals surface area contributed by atoms with Crippen molar-refractivity contribution >= 4 is 34.2 Å². The average Bonchev–Trinajstić information content (AvgIpc) is 2.74. The van der Waals surface area contributed by atoms with Crippen LogP contribution in [0.3, 0.4) is 0 Å². The van der Waals surface area contributed by atoms with Crippen LogP contribution in [0.5, 0.6) is 0 Å². The molecule has 1 aromatic carbocycles. The number of carboxylic acid groups (broad SMARTS) is 1. The molecule has 0 aliphatic heterocycles. The standard InChI is InChI=1S/C24H24N4O3/c1-14-6-7-26-12-19(14)17-9-18-11-22(27-13-20(18)21(25)10-17)28-23(29)8-15-2-4-16(5-3-15)24(30)31/h6-13,16H,2-5,25H2,1H3,(H,30,31)(H,27,28,29). The summed E-state index contributed by atoms with van der Waals surface area (Å²) in [5.41, 5.74) is 10.9. The Kier molecular flexibility index (Phi) is 5.66. The number of nitrogens with two attached hydrogens (primary N) is 1. The lowest BCUT2D eigenvalue weighted by Crippen LogP contribution is -2.18. The van der Waals surface area contributed by atoms with Crippen LogP contribution in [0.2, 0.25) is 0 Å². The van der Waals surface area contributed by atoms with E-state index < -0.39 is 5.97 Å². The fourth-order valence-corrected chi connectivity index (χ4v) is 4.00. The van der Waals surface area contributed by atoms with Gasteiger partial charge in [0.2, 0.25) is 5.91 Å². The van der Waals surface area contributed by atoms with Crippen LogP contribution < -0.4 is 11.1 Å². The first-order chi connectivity index (χ1) is 14.9. The van der Waals surface area contributed by atoms with Gasteiger partial charge in [-0.2, -0.15) is 0 Å². The Morgan fingerprint density at radius 1 is 1.19 bits per heavy atom. The molecule has 0 bridgehead atoms. The molecule has 2 heterocycles. The summed E-state index contributed by atoms with van der Waals surface area (Å²) in [7, 11) is 0. The first kappa shape index (κ1) is 20.5. The van der Waals surface area contributed by atoms with Crippen molar-refractivity contribution in [3.8, 4) is 11.1 Å². The maximum absolute atomic E-state index is 12.5. The molecular formula is C24H24N4O3. The van der Waals surface area contributed by atoms with Crippen molar-refractivity contribution in [3.05, 3.63) is 60.1 Å². The van der Waals surface area contributed by atoms with Gasteiger partial charge in [0.15, 0.2) is 0 Å².